The fourth-order valence-electron chi connectivity index (χ4n) is 2.28. The van der Waals surface area contributed by atoms with E-state index in [9.17, 15) is 4.79 Å². The highest BCUT2D eigenvalue weighted by Gasteiger charge is 2.08. The highest BCUT2D eigenvalue weighted by Crippen LogP contribution is 2.14. The third-order valence-electron chi connectivity index (χ3n) is 3.53. The van der Waals surface area contributed by atoms with Crippen molar-refractivity contribution in [3.05, 3.63) is 77.9 Å². The number of rotatable bonds is 7. The number of hydrogen-bond acceptors (Lipinski definition) is 1. The average Bonchev–Trinajstić information content (AvgIpc) is 2.59. The first-order valence-electron chi connectivity index (χ1n) is 7.93. The Hall–Kier alpha value is -2.35. The third kappa shape index (κ3) is 4.88. The number of amides is 1. The van der Waals surface area contributed by atoms with Gasteiger partial charge in [-0.2, -0.15) is 0 Å². The van der Waals surface area contributed by atoms with Crippen molar-refractivity contribution in [2.24, 2.45) is 0 Å². The molecule has 22 heavy (non-hydrogen) atoms. The molecule has 2 rings (SSSR count). The van der Waals surface area contributed by atoms with E-state index in [1.165, 1.54) is 12.8 Å². The second-order valence-corrected chi connectivity index (χ2v) is 5.30. The van der Waals surface area contributed by atoms with Crippen molar-refractivity contribution < 1.29 is 4.79 Å². The van der Waals surface area contributed by atoms with E-state index in [1.807, 2.05) is 60.7 Å². The van der Waals surface area contributed by atoms with E-state index in [0.29, 0.717) is 5.56 Å². The molecule has 0 aromatic heterocycles. The monoisotopic (exact) mass is 293 g/mol. The highest BCUT2D eigenvalue weighted by molar-refractivity contribution is 5.99. The van der Waals surface area contributed by atoms with Gasteiger partial charge in [0.05, 0.1) is 0 Å². The molecule has 0 saturated heterocycles. The van der Waals surface area contributed by atoms with Crippen LogP contribution in [0.5, 0.6) is 0 Å². The Morgan fingerprint density at radius 1 is 0.909 bits per heavy atom. The molecule has 0 spiro atoms. The van der Waals surface area contributed by atoms with Crippen LogP contribution < -0.4 is 5.32 Å². The lowest BCUT2D eigenvalue weighted by Crippen LogP contribution is -2.21. The zero-order valence-electron chi connectivity index (χ0n) is 13.1. The van der Waals surface area contributed by atoms with Gasteiger partial charge in [0.15, 0.2) is 0 Å². The van der Waals surface area contributed by atoms with Crippen molar-refractivity contribution in [1.29, 1.82) is 0 Å². The van der Waals surface area contributed by atoms with Crippen LogP contribution in [0.2, 0.25) is 0 Å². The molecule has 0 saturated carbocycles. The molecule has 0 radical (unpaired) electrons. The van der Waals surface area contributed by atoms with Gasteiger partial charge in [-0.25, -0.2) is 0 Å². The van der Waals surface area contributed by atoms with E-state index in [0.717, 1.165) is 24.1 Å². The summed E-state index contributed by atoms with van der Waals surface area (Å²) in [6, 6.07) is 19.3. The Balaban J connectivity index is 2.12. The number of carbonyl (C=O) groups is 1. The van der Waals surface area contributed by atoms with E-state index in [-0.39, 0.29) is 5.91 Å². The summed E-state index contributed by atoms with van der Waals surface area (Å²) in [5, 5.41) is 3.05. The zero-order chi connectivity index (χ0) is 15.6. The number of hydrogen-bond donors (Lipinski definition) is 1. The minimum atomic E-state index is -0.0637. The van der Waals surface area contributed by atoms with Gasteiger partial charge in [0.1, 0.15) is 0 Å². The van der Waals surface area contributed by atoms with Gasteiger partial charge in [-0.1, -0.05) is 74.4 Å². The quantitative estimate of drug-likeness (QED) is 0.712. The second-order valence-electron chi connectivity index (χ2n) is 5.30. The van der Waals surface area contributed by atoms with E-state index in [2.05, 4.69) is 18.3 Å². The Kier molecular flexibility index (Phi) is 6.43. The van der Waals surface area contributed by atoms with Crippen LogP contribution in [0.15, 0.2) is 66.7 Å². The summed E-state index contributed by atoms with van der Waals surface area (Å²) < 4.78 is 0. The van der Waals surface area contributed by atoms with Crippen molar-refractivity contribution in [2.45, 2.75) is 32.6 Å². The van der Waals surface area contributed by atoms with Crippen LogP contribution in [-0.4, -0.2) is 5.91 Å². The molecule has 0 aliphatic carbocycles. The molecule has 0 aliphatic rings. The minimum absolute atomic E-state index is 0.0637. The van der Waals surface area contributed by atoms with E-state index in [1.54, 1.807) is 0 Å². The number of allylic oxidation sites excluding steroid dienone is 1. The van der Waals surface area contributed by atoms with Crippen molar-refractivity contribution in [1.82, 2.24) is 5.32 Å². The maximum Gasteiger partial charge on any atom is 0.255 e. The normalized spacial score (nSPS) is 11.2. The average molecular weight is 293 g/mol. The molecule has 1 amide bonds. The first-order valence-corrected chi connectivity index (χ1v) is 7.93. The molecule has 0 bridgehead atoms. The fourth-order valence-corrected chi connectivity index (χ4v) is 2.28. The molecular weight excluding hydrogens is 270 g/mol. The van der Waals surface area contributed by atoms with Gasteiger partial charge in [-0.15, -0.1) is 0 Å². The van der Waals surface area contributed by atoms with Crippen LogP contribution in [0.1, 0.15) is 48.5 Å². The summed E-state index contributed by atoms with van der Waals surface area (Å²) in [4.78, 5) is 12.4. The van der Waals surface area contributed by atoms with Crippen LogP contribution in [0.25, 0.3) is 5.70 Å². The molecule has 0 unspecified atom stereocenters. The maximum atomic E-state index is 12.4. The Morgan fingerprint density at radius 3 is 2.09 bits per heavy atom. The Bertz CT molecular complexity index is 602. The number of benzene rings is 2. The van der Waals surface area contributed by atoms with Crippen molar-refractivity contribution in [2.75, 3.05) is 0 Å². The van der Waals surface area contributed by atoms with Gasteiger partial charge in [-0.3, -0.25) is 4.79 Å². The van der Waals surface area contributed by atoms with Gasteiger partial charge in [0.2, 0.25) is 0 Å². The van der Waals surface area contributed by atoms with E-state index in [4.69, 9.17) is 0 Å². The molecule has 2 nitrogen and oxygen atoms in total. The second kappa shape index (κ2) is 8.83. The first kappa shape index (κ1) is 16.0. The highest BCUT2D eigenvalue weighted by atomic mass is 16.1. The summed E-state index contributed by atoms with van der Waals surface area (Å²) in [5.74, 6) is -0.0637. The fraction of sp³-hybridized carbons (Fsp3) is 0.250. The van der Waals surface area contributed by atoms with Crippen LogP contribution in [0, 0.1) is 0 Å². The summed E-state index contributed by atoms with van der Waals surface area (Å²) in [7, 11) is 0. The van der Waals surface area contributed by atoms with Gasteiger partial charge < -0.3 is 5.32 Å². The van der Waals surface area contributed by atoms with Crippen molar-refractivity contribution in [3.8, 4) is 0 Å². The van der Waals surface area contributed by atoms with Crippen LogP contribution in [-0.2, 0) is 0 Å². The lowest BCUT2D eigenvalue weighted by atomic mass is 10.1. The number of nitrogens with one attached hydrogen (secondary N) is 1. The largest absolute Gasteiger partial charge is 0.322 e. The van der Waals surface area contributed by atoms with Gasteiger partial charge in [0.25, 0.3) is 5.91 Å². The van der Waals surface area contributed by atoms with Crippen molar-refractivity contribution in [3.63, 3.8) is 0 Å². The molecule has 0 fully saturated rings. The van der Waals surface area contributed by atoms with E-state index >= 15 is 0 Å². The molecule has 114 valence electrons. The maximum absolute atomic E-state index is 12.4. The molecule has 0 heterocycles. The SMILES string of the molecule is CCCCC/C=C(\NC(=O)c1ccccc1)c1ccccc1. The van der Waals surface area contributed by atoms with Crippen LogP contribution >= 0.6 is 0 Å². The number of carbonyl (C=O) groups excluding carboxylic acids is 1. The smallest absolute Gasteiger partial charge is 0.255 e. The minimum Gasteiger partial charge on any atom is -0.322 e. The topological polar surface area (TPSA) is 29.1 Å². The predicted octanol–water partition coefficient (Wildman–Crippen LogP) is 5.04. The lowest BCUT2D eigenvalue weighted by Gasteiger charge is -2.11. The molecule has 2 heteroatoms. The zero-order valence-corrected chi connectivity index (χ0v) is 13.1. The molecule has 1 N–H and O–H groups in total. The van der Waals surface area contributed by atoms with Gasteiger partial charge >= 0.3 is 0 Å². The van der Waals surface area contributed by atoms with E-state index < -0.39 is 0 Å². The summed E-state index contributed by atoms with van der Waals surface area (Å²) in [6.45, 7) is 2.19. The van der Waals surface area contributed by atoms with Crippen LogP contribution in [0.4, 0.5) is 0 Å². The lowest BCUT2D eigenvalue weighted by molar-refractivity contribution is 0.0973. The van der Waals surface area contributed by atoms with Gasteiger partial charge in [-0.05, 0) is 30.5 Å². The molecule has 2 aromatic carbocycles. The molecule has 0 atom stereocenters. The predicted molar refractivity (Wildman–Crippen MR) is 92.5 cm³/mol. The van der Waals surface area contributed by atoms with Gasteiger partial charge in [0, 0.05) is 11.3 Å². The third-order valence-corrected chi connectivity index (χ3v) is 3.53. The molecular formula is C20H23NO. The Labute approximate surface area is 132 Å². The van der Waals surface area contributed by atoms with Crippen molar-refractivity contribution >= 4 is 11.6 Å². The first-order chi connectivity index (χ1) is 10.8. The molecule has 0 aliphatic heterocycles. The number of unbranched alkanes of at least 4 members (excludes halogenated alkanes) is 3. The Morgan fingerprint density at radius 2 is 1.50 bits per heavy atom. The summed E-state index contributed by atoms with van der Waals surface area (Å²) in [5.41, 5.74) is 2.62. The van der Waals surface area contributed by atoms with Crippen LogP contribution in [0.3, 0.4) is 0 Å². The summed E-state index contributed by atoms with van der Waals surface area (Å²) >= 11 is 0. The summed E-state index contributed by atoms with van der Waals surface area (Å²) in [6.07, 6.45) is 6.67. The molecule has 2 aromatic rings. The standard InChI is InChI=1S/C20H23NO/c1-2-3-4-11-16-19(17-12-7-5-8-13-17)21-20(22)18-14-9-6-10-15-18/h5-10,12-16H,2-4,11H2,1H3,(H,21,22)/b19-16-.